The fourth-order valence-electron chi connectivity index (χ4n) is 10.7. The third-order valence-electron chi connectivity index (χ3n) is 14.5. The molecule has 4 aromatic rings. The zero-order chi connectivity index (χ0) is 43.5. The van der Waals surface area contributed by atoms with Crippen LogP contribution in [0.2, 0.25) is 36.3 Å². The fourth-order valence-corrected chi connectivity index (χ4v) is 28.9. The number of unbranched alkanes of at least 4 members (excludes halogenated alkanes) is 6. The van der Waals surface area contributed by atoms with Crippen LogP contribution >= 0.6 is 16.1 Å². The molecule has 0 aliphatic heterocycles. The van der Waals surface area contributed by atoms with Crippen molar-refractivity contribution in [3.05, 3.63) is 108 Å². The van der Waals surface area contributed by atoms with Gasteiger partial charge >= 0.3 is 0 Å². The molecule has 5 heteroatoms. The van der Waals surface area contributed by atoms with Gasteiger partial charge in [-0.1, -0.05) is 282 Å². The molecule has 5 rings (SSSR count). The average molecular weight is 892 g/mol. The second-order valence-electron chi connectivity index (χ2n) is 19.1. The molecule has 2 unspecified atom stereocenters. The standard InChI is InChI=1S/C56H87NP2Si2/c1-9-15-40-60(41-16-10-2,42-17-11-3)53-36-28-34-51(46-53)58(55-38-26-24-30-48(55)7)57(50-32-22-21-23-33-50)59(56-39-27-25-31-49(56)8)52-35-29-37-54(47-52)61(43-18-12-4,44-19-13-5)45-20-14-6/h24-31,34-39,46-47,50H,9-23,32-33,40-45H2,1-8H3. The van der Waals surface area contributed by atoms with Crippen molar-refractivity contribution in [3.8, 4) is 0 Å². The minimum absolute atomic E-state index is 0.557. The summed E-state index contributed by atoms with van der Waals surface area (Å²) in [5, 5.41) is 9.93. The number of benzene rings is 4. The molecule has 2 atom stereocenters. The first-order chi connectivity index (χ1) is 29.8. The van der Waals surface area contributed by atoms with Crippen LogP contribution in [-0.2, 0) is 0 Å². The van der Waals surface area contributed by atoms with Gasteiger partial charge in [0.05, 0.1) is 16.1 Å². The molecule has 1 aliphatic rings. The van der Waals surface area contributed by atoms with E-state index in [1.165, 1.54) is 157 Å². The fraction of sp³-hybridized carbons (Fsp3) is 0.571. The summed E-state index contributed by atoms with van der Waals surface area (Å²) in [6, 6.07) is 49.6. The first-order valence-corrected chi connectivity index (χ1v) is 33.4. The lowest BCUT2D eigenvalue weighted by molar-refractivity contribution is 0.355. The quantitative estimate of drug-likeness (QED) is 0.0426. The van der Waals surface area contributed by atoms with Crippen LogP contribution in [0.25, 0.3) is 0 Å². The highest BCUT2D eigenvalue weighted by molar-refractivity contribution is 7.84. The summed E-state index contributed by atoms with van der Waals surface area (Å²) in [6.45, 7) is 19.3. The van der Waals surface area contributed by atoms with Gasteiger partial charge in [-0.15, -0.1) is 0 Å². The maximum Gasteiger partial charge on any atom is 0.0867 e. The highest BCUT2D eigenvalue weighted by atomic mass is 31.2. The van der Waals surface area contributed by atoms with Crippen molar-refractivity contribution in [2.75, 3.05) is 0 Å². The molecule has 0 N–H and O–H groups in total. The second-order valence-corrected chi connectivity index (χ2v) is 32.8. The van der Waals surface area contributed by atoms with E-state index in [2.05, 4.69) is 157 Å². The Balaban J connectivity index is 1.83. The first kappa shape index (κ1) is 50.1. The predicted octanol–water partition coefficient (Wildman–Crippen LogP) is 15.4. The summed E-state index contributed by atoms with van der Waals surface area (Å²) in [7, 11) is -5.11. The Morgan fingerprint density at radius 2 is 0.787 bits per heavy atom. The van der Waals surface area contributed by atoms with Crippen LogP contribution in [0.1, 0.15) is 162 Å². The molecule has 0 heterocycles. The van der Waals surface area contributed by atoms with Crippen LogP contribution in [0.3, 0.4) is 0 Å². The van der Waals surface area contributed by atoms with Gasteiger partial charge < -0.3 is 0 Å². The molecule has 0 radical (unpaired) electrons. The second kappa shape index (κ2) is 26.2. The van der Waals surface area contributed by atoms with Crippen LogP contribution in [0.4, 0.5) is 0 Å². The molecule has 0 amide bonds. The van der Waals surface area contributed by atoms with E-state index in [1.54, 1.807) is 31.6 Å². The SMILES string of the molecule is CCCC[Si](CCCC)(CCCC)c1cccc(P(c2ccccc2C)N(C2CCCCC2)P(c2cccc([Si](CCCC)(CCCC)CCCC)c2)c2ccccc2C)c1. The maximum atomic E-state index is 3.26. The zero-order valence-corrected chi connectivity index (χ0v) is 44.2. The van der Waals surface area contributed by atoms with Crippen LogP contribution in [0.5, 0.6) is 0 Å². The van der Waals surface area contributed by atoms with Crippen LogP contribution in [0, 0.1) is 13.8 Å². The Bertz CT molecular complexity index is 1680. The highest BCUT2D eigenvalue weighted by Gasteiger charge is 2.41. The molecule has 1 aliphatic carbocycles. The summed E-state index contributed by atoms with van der Waals surface area (Å²) in [6.07, 6.45) is 22.7. The topological polar surface area (TPSA) is 3.24 Å². The maximum absolute atomic E-state index is 3.26. The van der Waals surface area contributed by atoms with Crippen molar-refractivity contribution in [1.82, 2.24) is 4.44 Å². The summed E-state index contributed by atoms with van der Waals surface area (Å²) in [5.74, 6) is 0. The van der Waals surface area contributed by atoms with E-state index in [9.17, 15) is 0 Å². The largest absolute Gasteiger partial charge is 0.242 e. The van der Waals surface area contributed by atoms with Gasteiger partial charge in [-0.25, -0.2) is 4.44 Å². The zero-order valence-electron chi connectivity index (χ0n) is 40.4. The van der Waals surface area contributed by atoms with Crippen LogP contribution < -0.4 is 31.6 Å². The molecule has 0 spiro atoms. The smallest absolute Gasteiger partial charge is 0.0867 e. The van der Waals surface area contributed by atoms with Crippen LogP contribution in [0.15, 0.2) is 97.1 Å². The number of nitrogens with zero attached hydrogens (tertiary/aromatic N) is 1. The summed E-state index contributed by atoms with van der Waals surface area (Å²) in [5.41, 5.74) is 2.93. The third-order valence-corrected chi connectivity index (χ3v) is 31.4. The van der Waals surface area contributed by atoms with Gasteiger partial charge in [-0.3, -0.25) is 0 Å². The van der Waals surface area contributed by atoms with Crippen molar-refractivity contribution >= 4 is 63.9 Å². The van der Waals surface area contributed by atoms with E-state index >= 15 is 0 Å². The molecule has 4 aromatic carbocycles. The Kier molecular flexibility index (Phi) is 21.5. The van der Waals surface area contributed by atoms with Crippen molar-refractivity contribution < 1.29 is 0 Å². The van der Waals surface area contributed by atoms with Gasteiger partial charge in [-0.2, -0.15) is 0 Å². The first-order valence-electron chi connectivity index (χ1n) is 25.5. The Morgan fingerprint density at radius 3 is 1.11 bits per heavy atom. The molecular formula is C56H87NP2Si2. The minimum atomic E-state index is -1.72. The van der Waals surface area contributed by atoms with Gasteiger partial charge in [0.25, 0.3) is 0 Å². The highest BCUT2D eigenvalue weighted by Crippen LogP contribution is 2.58. The predicted molar refractivity (Wildman–Crippen MR) is 285 cm³/mol. The number of hydrogen-bond acceptors (Lipinski definition) is 1. The summed E-state index contributed by atoms with van der Waals surface area (Å²) < 4.78 is 3.26. The van der Waals surface area contributed by atoms with Crippen molar-refractivity contribution in [1.29, 1.82) is 0 Å². The van der Waals surface area contributed by atoms with E-state index < -0.39 is 32.3 Å². The van der Waals surface area contributed by atoms with Crippen molar-refractivity contribution in [2.45, 2.75) is 207 Å². The average Bonchev–Trinajstić information content (AvgIpc) is 3.30. The third kappa shape index (κ3) is 13.1. The van der Waals surface area contributed by atoms with Crippen molar-refractivity contribution in [3.63, 3.8) is 0 Å². The van der Waals surface area contributed by atoms with Crippen molar-refractivity contribution in [2.24, 2.45) is 0 Å². The van der Waals surface area contributed by atoms with Gasteiger partial charge in [0.15, 0.2) is 0 Å². The monoisotopic (exact) mass is 892 g/mol. The molecule has 1 fully saturated rings. The van der Waals surface area contributed by atoms with Crippen LogP contribution in [-0.4, -0.2) is 26.6 Å². The van der Waals surface area contributed by atoms with E-state index in [0.717, 1.165) is 0 Å². The number of aryl methyl sites for hydroxylation is 2. The minimum Gasteiger partial charge on any atom is -0.242 e. The normalized spacial score (nSPS) is 15.0. The van der Waals surface area contributed by atoms with E-state index in [0.29, 0.717) is 6.04 Å². The Hall–Kier alpha value is -1.87. The molecule has 0 aromatic heterocycles. The lowest BCUT2D eigenvalue weighted by atomic mass is 9.96. The van der Waals surface area contributed by atoms with E-state index in [1.807, 2.05) is 0 Å². The Labute approximate surface area is 381 Å². The lowest BCUT2D eigenvalue weighted by Crippen LogP contribution is -2.49. The van der Waals surface area contributed by atoms with Gasteiger partial charge in [0, 0.05) is 22.2 Å². The molecule has 61 heavy (non-hydrogen) atoms. The van der Waals surface area contributed by atoms with E-state index in [-0.39, 0.29) is 0 Å². The summed E-state index contributed by atoms with van der Waals surface area (Å²) >= 11 is 0. The molecule has 1 nitrogen and oxygen atoms in total. The van der Waals surface area contributed by atoms with Gasteiger partial charge in [0.1, 0.15) is 0 Å². The number of hydrogen-bond donors (Lipinski definition) is 0. The van der Waals surface area contributed by atoms with Gasteiger partial charge in [-0.05, 0) is 59.0 Å². The molecule has 1 saturated carbocycles. The Morgan fingerprint density at radius 1 is 0.443 bits per heavy atom. The lowest BCUT2D eigenvalue weighted by Gasteiger charge is -2.46. The number of rotatable bonds is 27. The molecule has 334 valence electrons. The molecule has 0 bridgehead atoms. The van der Waals surface area contributed by atoms with E-state index in [4.69, 9.17) is 0 Å². The molecular weight excluding hydrogens is 805 g/mol. The van der Waals surface area contributed by atoms with Gasteiger partial charge in [0.2, 0.25) is 0 Å². The summed E-state index contributed by atoms with van der Waals surface area (Å²) in [4.78, 5) is 0. The molecule has 0 saturated heterocycles.